The first-order valence-electron chi connectivity index (χ1n) is 9.68. The third-order valence-electron chi connectivity index (χ3n) is 4.61. The van der Waals surface area contributed by atoms with E-state index in [1.54, 1.807) is 12.5 Å². The van der Waals surface area contributed by atoms with Crippen LogP contribution in [0.3, 0.4) is 0 Å². The molecule has 0 aliphatic rings. The number of anilines is 1. The molecule has 2 aromatic carbocycles. The zero-order chi connectivity index (χ0) is 19.8. The number of hydrogen-bond acceptors (Lipinski definition) is 3. The first-order chi connectivity index (χ1) is 13.6. The first kappa shape index (κ1) is 19.7. The number of aryl methyl sites for hydroxylation is 1. The molecule has 0 saturated carbocycles. The van der Waals surface area contributed by atoms with Crippen molar-refractivity contribution in [3.05, 3.63) is 78.4 Å². The molecule has 3 rings (SSSR count). The predicted octanol–water partition coefficient (Wildman–Crippen LogP) is 4.66. The van der Waals surface area contributed by atoms with Crippen molar-refractivity contribution < 1.29 is 9.53 Å². The number of ether oxygens (including phenoxy) is 1. The number of benzene rings is 2. The molecular weight excluding hydrogens is 350 g/mol. The second-order valence-corrected chi connectivity index (χ2v) is 7.09. The number of nitrogens with zero attached hydrogens (tertiary/aromatic N) is 2. The number of carbonyl (C=O) groups is 1. The quantitative estimate of drug-likeness (QED) is 0.590. The van der Waals surface area contributed by atoms with Crippen LogP contribution < -0.4 is 10.1 Å². The fourth-order valence-corrected chi connectivity index (χ4v) is 2.92. The summed E-state index contributed by atoms with van der Waals surface area (Å²) in [6, 6.07) is 16.0. The fourth-order valence-electron chi connectivity index (χ4n) is 2.92. The van der Waals surface area contributed by atoms with Gasteiger partial charge in [0.15, 0.2) is 0 Å². The lowest BCUT2D eigenvalue weighted by Crippen LogP contribution is -2.14. The van der Waals surface area contributed by atoms with Gasteiger partial charge in [0, 0.05) is 18.8 Å². The van der Waals surface area contributed by atoms with Crippen LogP contribution in [0.5, 0.6) is 5.75 Å². The minimum Gasteiger partial charge on any atom is -0.490 e. The highest BCUT2D eigenvalue weighted by Crippen LogP contribution is 2.24. The van der Waals surface area contributed by atoms with Gasteiger partial charge in [-0.25, -0.2) is 4.98 Å². The molecule has 3 aromatic rings. The average molecular weight is 377 g/mol. The number of carbonyl (C=O) groups excluding carboxylic acids is 1. The van der Waals surface area contributed by atoms with Gasteiger partial charge in [-0.05, 0) is 35.6 Å². The molecule has 0 unspecified atom stereocenters. The van der Waals surface area contributed by atoms with Gasteiger partial charge < -0.3 is 14.6 Å². The monoisotopic (exact) mass is 377 g/mol. The van der Waals surface area contributed by atoms with E-state index in [0.717, 1.165) is 0 Å². The van der Waals surface area contributed by atoms with E-state index < -0.39 is 0 Å². The van der Waals surface area contributed by atoms with E-state index in [2.05, 4.69) is 48.4 Å². The number of hydrogen-bond donors (Lipinski definition) is 1. The molecule has 146 valence electrons. The van der Waals surface area contributed by atoms with Gasteiger partial charge in [-0.15, -0.1) is 0 Å². The Balaban J connectivity index is 1.50. The number of amides is 1. The summed E-state index contributed by atoms with van der Waals surface area (Å²) >= 11 is 0. The molecule has 28 heavy (non-hydrogen) atoms. The van der Waals surface area contributed by atoms with E-state index in [0.29, 0.717) is 43.3 Å². The van der Waals surface area contributed by atoms with E-state index in [9.17, 15) is 4.79 Å². The normalized spacial score (nSPS) is 10.8. The third-order valence-corrected chi connectivity index (χ3v) is 4.61. The molecule has 1 amide bonds. The molecule has 1 N–H and O–H groups in total. The van der Waals surface area contributed by atoms with Gasteiger partial charge in [-0.3, -0.25) is 4.79 Å². The van der Waals surface area contributed by atoms with Crippen LogP contribution in [0, 0.1) is 0 Å². The van der Waals surface area contributed by atoms with Gasteiger partial charge in [0.05, 0.1) is 18.6 Å². The Morgan fingerprint density at radius 3 is 2.64 bits per heavy atom. The van der Waals surface area contributed by atoms with E-state index in [1.807, 2.05) is 35.0 Å². The number of rotatable bonds is 9. The van der Waals surface area contributed by atoms with Crippen LogP contribution in [-0.4, -0.2) is 22.1 Å². The Morgan fingerprint density at radius 2 is 1.93 bits per heavy atom. The van der Waals surface area contributed by atoms with Crippen LogP contribution in [0.2, 0.25) is 0 Å². The Morgan fingerprint density at radius 1 is 1.14 bits per heavy atom. The highest BCUT2D eigenvalue weighted by Gasteiger charge is 2.08. The van der Waals surface area contributed by atoms with Crippen molar-refractivity contribution in [1.29, 1.82) is 0 Å². The molecule has 0 bridgehead atoms. The lowest BCUT2D eigenvalue weighted by atomic mass is 10.0. The molecule has 1 heterocycles. The van der Waals surface area contributed by atoms with Gasteiger partial charge in [-0.1, -0.05) is 50.2 Å². The van der Waals surface area contributed by atoms with Crippen LogP contribution >= 0.6 is 0 Å². The highest BCUT2D eigenvalue weighted by atomic mass is 16.5. The summed E-state index contributed by atoms with van der Waals surface area (Å²) in [5.74, 6) is 1.18. The zero-order valence-electron chi connectivity index (χ0n) is 16.5. The van der Waals surface area contributed by atoms with Crippen LogP contribution in [0.15, 0.2) is 67.3 Å². The second-order valence-electron chi connectivity index (χ2n) is 7.09. The Labute approximate surface area is 166 Å². The van der Waals surface area contributed by atoms with E-state index >= 15 is 0 Å². The molecule has 0 saturated heterocycles. The summed E-state index contributed by atoms with van der Waals surface area (Å²) in [6.45, 7) is 5.56. The van der Waals surface area contributed by atoms with Crippen molar-refractivity contribution in [1.82, 2.24) is 9.55 Å². The summed E-state index contributed by atoms with van der Waals surface area (Å²) < 4.78 is 7.80. The lowest BCUT2D eigenvalue weighted by Gasteiger charge is -2.13. The van der Waals surface area contributed by atoms with Crippen molar-refractivity contribution in [2.45, 2.75) is 39.2 Å². The maximum Gasteiger partial charge on any atom is 0.224 e. The van der Waals surface area contributed by atoms with E-state index in [-0.39, 0.29) is 5.91 Å². The lowest BCUT2D eigenvalue weighted by molar-refractivity contribution is -0.116. The Kier molecular flexibility index (Phi) is 6.84. The third kappa shape index (κ3) is 5.71. The number of nitrogens with one attached hydrogen (secondary N) is 1. The summed E-state index contributed by atoms with van der Waals surface area (Å²) in [5, 5.41) is 2.97. The number of para-hydroxylation sites is 2. The Bertz CT molecular complexity index is 871. The van der Waals surface area contributed by atoms with E-state index in [4.69, 9.17) is 4.74 Å². The number of aromatic nitrogens is 2. The highest BCUT2D eigenvalue weighted by molar-refractivity contribution is 5.92. The van der Waals surface area contributed by atoms with Gasteiger partial charge in [0.2, 0.25) is 5.91 Å². The molecule has 0 atom stereocenters. The zero-order valence-corrected chi connectivity index (χ0v) is 16.5. The largest absolute Gasteiger partial charge is 0.490 e. The molecule has 5 nitrogen and oxygen atoms in total. The molecule has 1 aromatic heterocycles. The molecule has 0 spiro atoms. The van der Waals surface area contributed by atoms with Crippen LogP contribution in [0.4, 0.5) is 5.69 Å². The second kappa shape index (κ2) is 9.74. The van der Waals surface area contributed by atoms with Crippen molar-refractivity contribution in [2.75, 3.05) is 11.9 Å². The maximum atomic E-state index is 12.4. The van der Waals surface area contributed by atoms with Crippen LogP contribution in [-0.2, 0) is 17.8 Å². The summed E-state index contributed by atoms with van der Waals surface area (Å²) in [7, 11) is 0. The molecule has 0 fully saturated rings. The molecule has 5 heteroatoms. The van der Waals surface area contributed by atoms with Crippen molar-refractivity contribution in [2.24, 2.45) is 0 Å². The van der Waals surface area contributed by atoms with Gasteiger partial charge in [-0.2, -0.15) is 0 Å². The Hall–Kier alpha value is -3.08. The van der Waals surface area contributed by atoms with Crippen LogP contribution in [0.1, 0.15) is 37.3 Å². The summed E-state index contributed by atoms with van der Waals surface area (Å²) in [5.41, 5.74) is 3.19. The van der Waals surface area contributed by atoms with Gasteiger partial charge >= 0.3 is 0 Å². The van der Waals surface area contributed by atoms with Crippen LogP contribution in [0.25, 0.3) is 0 Å². The fraction of sp³-hybridized carbons (Fsp3) is 0.304. The maximum absolute atomic E-state index is 12.4. The molecule has 0 aliphatic carbocycles. The van der Waals surface area contributed by atoms with Crippen molar-refractivity contribution in [3.8, 4) is 5.75 Å². The minimum absolute atomic E-state index is 0.0152. The average Bonchev–Trinajstić information content (AvgIpc) is 3.21. The van der Waals surface area contributed by atoms with E-state index in [1.165, 1.54) is 11.1 Å². The molecule has 0 aliphatic heterocycles. The van der Waals surface area contributed by atoms with Crippen molar-refractivity contribution in [3.63, 3.8) is 0 Å². The standard InChI is InChI=1S/C23H27N3O2/c1-18(2)20-10-7-19(8-11-20)9-12-23(27)25-21-5-3-4-6-22(21)28-16-15-26-14-13-24-17-26/h3-8,10-11,13-14,17-18H,9,12,15-16H2,1-2H3,(H,25,27). The smallest absolute Gasteiger partial charge is 0.224 e. The number of imidazole rings is 1. The topological polar surface area (TPSA) is 56.1 Å². The first-order valence-corrected chi connectivity index (χ1v) is 9.68. The molecular formula is C23H27N3O2. The SMILES string of the molecule is CC(C)c1ccc(CCC(=O)Nc2ccccc2OCCn2ccnc2)cc1. The van der Waals surface area contributed by atoms with Crippen molar-refractivity contribution >= 4 is 11.6 Å². The van der Waals surface area contributed by atoms with Gasteiger partial charge in [0.25, 0.3) is 0 Å². The predicted molar refractivity (Wildman–Crippen MR) is 112 cm³/mol. The molecule has 0 radical (unpaired) electrons. The summed E-state index contributed by atoms with van der Waals surface area (Å²) in [4.78, 5) is 16.4. The van der Waals surface area contributed by atoms with Gasteiger partial charge in [0.1, 0.15) is 12.4 Å². The minimum atomic E-state index is -0.0152. The summed E-state index contributed by atoms with van der Waals surface area (Å²) in [6.07, 6.45) is 6.54.